The number of aromatic nitrogens is 1. The molecule has 1 aromatic heterocycles. The zero-order valence-electron chi connectivity index (χ0n) is 19.2. The molecule has 3 amide bonds. The van der Waals surface area contributed by atoms with E-state index in [0.717, 1.165) is 11.3 Å². The van der Waals surface area contributed by atoms with Crippen molar-refractivity contribution in [2.75, 3.05) is 13.6 Å². The van der Waals surface area contributed by atoms with Crippen molar-refractivity contribution in [2.24, 2.45) is 11.8 Å². The number of hydrogen-bond donors (Lipinski definition) is 0. The highest BCUT2D eigenvalue weighted by molar-refractivity contribution is 6.10. The molecule has 2 aliphatic carbocycles. The molecule has 5 rings (SSSR count). The van der Waals surface area contributed by atoms with Crippen molar-refractivity contribution in [3.8, 4) is 0 Å². The molecule has 33 heavy (non-hydrogen) atoms. The molecule has 0 bridgehead atoms. The quantitative estimate of drug-likeness (QED) is 0.555. The number of amides is 3. The predicted octanol–water partition coefficient (Wildman–Crippen LogP) is 3.36. The van der Waals surface area contributed by atoms with Crippen LogP contribution < -0.4 is 0 Å². The van der Waals surface area contributed by atoms with Crippen LogP contribution in [-0.4, -0.2) is 52.1 Å². The van der Waals surface area contributed by atoms with Crippen LogP contribution in [0.5, 0.6) is 0 Å². The number of imide groups is 1. The van der Waals surface area contributed by atoms with Crippen LogP contribution in [0.3, 0.4) is 0 Å². The van der Waals surface area contributed by atoms with Crippen LogP contribution in [-0.2, 0) is 26.2 Å². The summed E-state index contributed by atoms with van der Waals surface area (Å²) >= 11 is 0. The number of hydrogen-bond acceptors (Lipinski definition) is 4. The van der Waals surface area contributed by atoms with Crippen LogP contribution >= 0.6 is 0 Å². The fourth-order valence-corrected chi connectivity index (χ4v) is 5.46. The van der Waals surface area contributed by atoms with E-state index < -0.39 is 5.41 Å². The second kappa shape index (κ2) is 8.73. The fraction of sp³-hybridized carbons (Fsp3) is 0.481. The summed E-state index contributed by atoms with van der Waals surface area (Å²) in [4.78, 5) is 48.0. The largest absolute Gasteiger partial charge is 0.342 e. The van der Waals surface area contributed by atoms with E-state index in [9.17, 15) is 14.4 Å². The van der Waals surface area contributed by atoms with Crippen molar-refractivity contribution in [3.05, 3.63) is 66.0 Å². The highest BCUT2D eigenvalue weighted by atomic mass is 16.2. The topological polar surface area (TPSA) is 70.6 Å². The van der Waals surface area contributed by atoms with Crippen molar-refractivity contribution in [3.63, 3.8) is 0 Å². The van der Waals surface area contributed by atoms with Crippen LogP contribution in [0.15, 0.2) is 54.7 Å². The maximum atomic E-state index is 13.8. The summed E-state index contributed by atoms with van der Waals surface area (Å²) in [6.45, 7) is 0.278. The maximum absolute atomic E-state index is 13.8. The van der Waals surface area contributed by atoms with Crippen LogP contribution in [0, 0.1) is 11.8 Å². The molecule has 6 nitrogen and oxygen atoms in total. The molecule has 1 saturated heterocycles. The van der Waals surface area contributed by atoms with Crippen molar-refractivity contribution in [2.45, 2.75) is 56.4 Å². The van der Waals surface area contributed by atoms with Gasteiger partial charge in [0.1, 0.15) is 0 Å². The maximum Gasteiger partial charge on any atom is 0.240 e. The molecule has 0 spiro atoms. The molecule has 2 saturated carbocycles. The van der Waals surface area contributed by atoms with Crippen molar-refractivity contribution < 1.29 is 14.4 Å². The van der Waals surface area contributed by atoms with Crippen molar-refractivity contribution in [1.29, 1.82) is 0 Å². The molecule has 1 unspecified atom stereocenters. The number of nitrogens with zero attached hydrogens (tertiary/aromatic N) is 3. The Hall–Kier alpha value is -3.02. The predicted molar refractivity (Wildman–Crippen MR) is 124 cm³/mol. The fourth-order valence-electron chi connectivity index (χ4n) is 5.46. The van der Waals surface area contributed by atoms with Gasteiger partial charge in [0.25, 0.3) is 0 Å². The van der Waals surface area contributed by atoms with E-state index >= 15 is 0 Å². The lowest BCUT2D eigenvalue weighted by Crippen LogP contribution is -2.46. The van der Waals surface area contributed by atoms with Crippen molar-refractivity contribution in [1.82, 2.24) is 14.8 Å². The average molecular weight is 446 g/mol. The molecule has 2 heterocycles. The Morgan fingerprint density at radius 3 is 2.33 bits per heavy atom. The van der Waals surface area contributed by atoms with Crippen LogP contribution in [0.4, 0.5) is 0 Å². The van der Waals surface area contributed by atoms with Gasteiger partial charge in [-0.2, -0.15) is 0 Å². The first-order valence-corrected chi connectivity index (χ1v) is 12.1. The Kier molecular flexibility index (Phi) is 5.77. The van der Waals surface area contributed by atoms with E-state index in [4.69, 9.17) is 0 Å². The van der Waals surface area contributed by atoms with Gasteiger partial charge < -0.3 is 4.90 Å². The third kappa shape index (κ3) is 4.31. The summed E-state index contributed by atoms with van der Waals surface area (Å²) in [5.74, 6) is 0.683. The van der Waals surface area contributed by atoms with E-state index in [1.54, 1.807) is 6.20 Å². The molecule has 1 aliphatic heterocycles. The Morgan fingerprint density at radius 2 is 1.73 bits per heavy atom. The van der Waals surface area contributed by atoms with E-state index in [2.05, 4.69) is 4.98 Å². The standard InChI is InChI=1S/C27H31N3O3/c1-29(25(19-10-11-19)20-12-13-20)23(31)17-27(21-7-3-2-4-8-21)18-24(32)30(26(27)33)16-14-22-9-5-6-15-28-22/h2-9,15,19-20,25H,10-14,16-18H2,1H3. The minimum Gasteiger partial charge on any atom is -0.342 e. The van der Waals surface area contributed by atoms with Gasteiger partial charge in [-0.1, -0.05) is 36.4 Å². The minimum atomic E-state index is -1.13. The first-order valence-electron chi connectivity index (χ1n) is 12.1. The third-order valence-electron chi connectivity index (χ3n) is 7.56. The normalized spacial score (nSPS) is 22.8. The van der Waals surface area contributed by atoms with Gasteiger partial charge in [-0.3, -0.25) is 24.3 Å². The van der Waals surface area contributed by atoms with E-state index in [0.29, 0.717) is 18.3 Å². The monoisotopic (exact) mass is 445 g/mol. The van der Waals surface area contributed by atoms with Crippen LogP contribution in [0.2, 0.25) is 0 Å². The summed E-state index contributed by atoms with van der Waals surface area (Å²) in [6, 6.07) is 15.3. The smallest absolute Gasteiger partial charge is 0.240 e. The molecule has 1 aromatic carbocycles. The number of rotatable bonds is 9. The first kappa shape index (κ1) is 21.8. The van der Waals surface area contributed by atoms with Gasteiger partial charge in [0.15, 0.2) is 0 Å². The summed E-state index contributed by atoms with van der Waals surface area (Å²) in [5.41, 5.74) is 0.452. The molecule has 3 fully saturated rings. The van der Waals surface area contributed by atoms with E-state index in [1.807, 2.05) is 60.5 Å². The number of likely N-dealkylation sites (tertiary alicyclic amines) is 1. The van der Waals surface area contributed by atoms with Crippen LogP contribution in [0.1, 0.15) is 49.8 Å². The van der Waals surface area contributed by atoms with Crippen LogP contribution in [0.25, 0.3) is 0 Å². The molecule has 0 N–H and O–H groups in total. The summed E-state index contributed by atoms with van der Waals surface area (Å²) in [5, 5.41) is 0. The lowest BCUT2D eigenvalue weighted by atomic mass is 9.75. The Morgan fingerprint density at radius 1 is 1.06 bits per heavy atom. The molecule has 172 valence electrons. The van der Waals surface area contributed by atoms with Gasteiger partial charge in [0.2, 0.25) is 17.7 Å². The zero-order chi connectivity index (χ0) is 23.0. The Balaban J connectivity index is 1.39. The summed E-state index contributed by atoms with van der Waals surface area (Å²) in [6.07, 6.45) is 7.01. The highest BCUT2D eigenvalue weighted by Crippen LogP contribution is 2.48. The van der Waals surface area contributed by atoms with E-state index in [1.165, 1.54) is 30.6 Å². The highest BCUT2D eigenvalue weighted by Gasteiger charge is 2.54. The van der Waals surface area contributed by atoms with Gasteiger partial charge in [-0.25, -0.2) is 0 Å². The summed E-state index contributed by atoms with van der Waals surface area (Å²) < 4.78 is 0. The molecule has 0 radical (unpaired) electrons. The SMILES string of the molecule is CN(C(=O)CC1(c2ccccc2)CC(=O)N(CCc2ccccn2)C1=O)C(C1CC1)C1CC1. The molecule has 6 heteroatoms. The second-order valence-electron chi connectivity index (χ2n) is 9.89. The number of carbonyl (C=O) groups excluding carboxylic acids is 3. The Labute approximate surface area is 195 Å². The lowest BCUT2D eigenvalue weighted by Gasteiger charge is -2.33. The number of pyridine rings is 1. The zero-order valence-corrected chi connectivity index (χ0v) is 19.2. The van der Waals surface area contributed by atoms with Gasteiger partial charge in [-0.05, 0) is 55.2 Å². The first-order chi connectivity index (χ1) is 16.0. The summed E-state index contributed by atoms with van der Waals surface area (Å²) in [7, 11) is 1.89. The van der Waals surface area contributed by atoms with Gasteiger partial charge >= 0.3 is 0 Å². The van der Waals surface area contributed by atoms with Gasteiger partial charge in [0, 0.05) is 50.8 Å². The molecule has 1 atom stereocenters. The molecular formula is C27H31N3O3. The molecule has 3 aliphatic rings. The average Bonchev–Trinajstić information content (AvgIpc) is 3.76. The second-order valence-corrected chi connectivity index (χ2v) is 9.89. The molecular weight excluding hydrogens is 414 g/mol. The molecule has 2 aromatic rings. The number of carbonyl (C=O) groups is 3. The van der Waals surface area contributed by atoms with E-state index in [-0.39, 0.29) is 43.1 Å². The lowest BCUT2D eigenvalue weighted by molar-refractivity contribution is -0.143. The van der Waals surface area contributed by atoms with Gasteiger partial charge in [-0.15, -0.1) is 0 Å². The Bertz CT molecular complexity index is 1020. The number of benzene rings is 1. The van der Waals surface area contributed by atoms with Crippen molar-refractivity contribution >= 4 is 17.7 Å². The minimum absolute atomic E-state index is 0.0321. The van der Waals surface area contributed by atoms with Gasteiger partial charge in [0.05, 0.1) is 5.41 Å². The third-order valence-corrected chi connectivity index (χ3v) is 7.56.